The Bertz CT molecular complexity index is 448. The number of hydrogen-bond acceptors (Lipinski definition) is 4. The molecule has 0 aliphatic carbocycles. The molecule has 6 heteroatoms. The summed E-state index contributed by atoms with van der Waals surface area (Å²) in [6.07, 6.45) is 0.572. The van der Waals surface area contributed by atoms with E-state index in [1.807, 2.05) is 26.0 Å². The first-order chi connectivity index (χ1) is 8.44. The molecular formula is C13H18AcN2O3. The van der Waals surface area contributed by atoms with Crippen molar-refractivity contribution in [3.63, 3.8) is 0 Å². The van der Waals surface area contributed by atoms with Gasteiger partial charge in [-0.1, -0.05) is 12.1 Å². The van der Waals surface area contributed by atoms with Crippen LogP contribution in [0.1, 0.15) is 19.4 Å². The predicted molar refractivity (Wildman–Crippen MR) is 66.7 cm³/mol. The van der Waals surface area contributed by atoms with Crippen molar-refractivity contribution in [2.45, 2.75) is 32.0 Å². The number of phenolic OH excluding ortho intramolecular Hbond substituents is 1. The van der Waals surface area contributed by atoms with Crippen molar-refractivity contribution >= 4 is 5.91 Å². The van der Waals surface area contributed by atoms with Crippen molar-refractivity contribution < 1.29 is 58.8 Å². The van der Waals surface area contributed by atoms with Crippen LogP contribution in [0.2, 0.25) is 0 Å². The Morgan fingerprint density at radius 1 is 1.37 bits per heavy atom. The Kier molecular flexibility index (Phi) is 5.81. The number of aromatic hydroxyl groups is 1. The normalized spacial score (nSPS) is 21.3. The Labute approximate surface area is 148 Å². The van der Waals surface area contributed by atoms with Crippen LogP contribution in [0, 0.1) is 44.1 Å². The summed E-state index contributed by atoms with van der Waals surface area (Å²) in [6, 6.07) is 6.56. The molecule has 1 aliphatic heterocycles. The van der Waals surface area contributed by atoms with E-state index in [-0.39, 0.29) is 61.8 Å². The first-order valence-corrected chi connectivity index (χ1v) is 5.88. The van der Waals surface area contributed by atoms with Crippen molar-refractivity contribution in [3.8, 4) is 5.75 Å². The third kappa shape index (κ3) is 3.69. The van der Waals surface area contributed by atoms with Gasteiger partial charge >= 0.3 is 0 Å². The smallest absolute Gasteiger partial charge is 0.265 e. The van der Waals surface area contributed by atoms with Gasteiger partial charge in [-0.3, -0.25) is 14.9 Å². The molecule has 2 rings (SSSR count). The second kappa shape index (κ2) is 6.54. The molecule has 1 heterocycles. The summed E-state index contributed by atoms with van der Waals surface area (Å²) in [5, 5.41) is 13.8. The van der Waals surface area contributed by atoms with Crippen molar-refractivity contribution in [1.82, 2.24) is 10.4 Å². The van der Waals surface area contributed by atoms with Crippen LogP contribution in [0.15, 0.2) is 24.3 Å². The van der Waals surface area contributed by atoms with E-state index in [0.717, 1.165) is 5.56 Å². The van der Waals surface area contributed by atoms with Crippen LogP contribution in [0.25, 0.3) is 0 Å². The van der Waals surface area contributed by atoms with Crippen LogP contribution < -0.4 is 5.32 Å². The second-order valence-electron chi connectivity index (χ2n) is 4.94. The first-order valence-electron chi connectivity index (χ1n) is 5.88. The molecule has 1 atom stereocenters. The van der Waals surface area contributed by atoms with Crippen LogP contribution >= 0.6 is 0 Å². The Morgan fingerprint density at radius 2 is 1.95 bits per heavy atom. The largest absolute Gasteiger partial charge is 0.508 e. The number of amides is 1. The molecule has 1 unspecified atom stereocenters. The van der Waals surface area contributed by atoms with Crippen LogP contribution in [0.3, 0.4) is 0 Å². The van der Waals surface area contributed by atoms with Gasteiger partial charge in [-0.25, -0.2) is 5.06 Å². The van der Waals surface area contributed by atoms with E-state index in [0.29, 0.717) is 6.42 Å². The fourth-order valence-corrected chi connectivity index (χ4v) is 2.29. The molecule has 1 aliphatic rings. The van der Waals surface area contributed by atoms with E-state index in [9.17, 15) is 9.90 Å². The zero-order chi connectivity index (χ0) is 13.3. The molecule has 1 radical (unpaired) electrons. The molecule has 0 saturated carbocycles. The van der Waals surface area contributed by atoms with E-state index in [1.54, 1.807) is 12.1 Å². The standard InChI is InChI=1S/C13H18N2O3.Ac/c1-13(2)14-11(12(17)15(13)18-3)8-9-4-6-10(16)7-5-9;/h4-7,11,14,16H,8H2,1-3H3;. The first kappa shape index (κ1) is 16.9. The van der Waals surface area contributed by atoms with Gasteiger partial charge in [0, 0.05) is 44.1 Å². The Hall–Kier alpha value is -0.148. The molecule has 5 nitrogen and oxygen atoms in total. The average Bonchev–Trinajstić information content (AvgIpc) is 2.52. The molecule has 19 heavy (non-hydrogen) atoms. The van der Waals surface area contributed by atoms with E-state index < -0.39 is 5.66 Å². The number of carbonyl (C=O) groups excluding carboxylic acids is 1. The summed E-state index contributed by atoms with van der Waals surface area (Å²) in [5.41, 5.74) is 0.486. The minimum Gasteiger partial charge on any atom is -0.508 e. The quantitative estimate of drug-likeness (QED) is 0.684. The van der Waals surface area contributed by atoms with Crippen molar-refractivity contribution in [2.24, 2.45) is 0 Å². The predicted octanol–water partition coefficient (Wildman–Crippen LogP) is 1.03. The fraction of sp³-hybridized carbons (Fsp3) is 0.462. The van der Waals surface area contributed by atoms with Gasteiger partial charge < -0.3 is 5.11 Å². The average molecular weight is 477 g/mol. The van der Waals surface area contributed by atoms with Gasteiger partial charge in [0.15, 0.2) is 0 Å². The van der Waals surface area contributed by atoms with E-state index >= 15 is 0 Å². The monoisotopic (exact) mass is 477 g/mol. The van der Waals surface area contributed by atoms with Crippen LogP contribution in [0.5, 0.6) is 5.75 Å². The van der Waals surface area contributed by atoms with E-state index in [1.165, 1.54) is 12.2 Å². The Balaban J connectivity index is 0.00000180. The van der Waals surface area contributed by atoms with Gasteiger partial charge in [-0.05, 0) is 38.0 Å². The van der Waals surface area contributed by atoms with Gasteiger partial charge in [-0.2, -0.15) is 0 Å². The fourth-order valence-electron chi connectivity index (χ4n) is 2.29. The maximum atomic E-state index is 12.1. The number of nitrogens with one attached hydrogen (secondary N) is 1. The number of phenols is 1. The molecule has 1 saturated heterocycles. The number of rotatable bonds is 3. The van der Waals surface area contributed by atoms with E-state index in [2.05, 4.69) is 5.32 Å². The molecule has 0 bridgehead atoms. The van der Waals surface area contributed by atoms with Crippen molar-refractivity contribution in [3.05, 3.63) is 29.8 Å². The van der Waals surface area contributed by atoms with Gasteiger partial charge in [0.2, 0.25) is 0 Å². The molecule has 1 aromatic carbocycles. The van der Waals surface area contributed by atoms with Crippen molar-refractivity contribution in [1.29, 1.82) is 0 Å². The summed E-state index contributed by atoms with van der Waals surface area (Å²) in [4.78, 5) is 17.2. The summed E-state index contributed by atoms with van der Waals surface area (Å²) < 4.78 is 0. The van der Waals surface area contributed by atoms with Crippen LogP contribution in [0.4, 0.5) is 0 Å². The molecule has 1 amide bonds. The van der Waals surface area contributed by atoms with Gasteiger partial charge in [0.25, 0.3) is 5.91 Å². The Morgan fingerprint density at radius 3 is 2.42 bits per heavy atom. The minimum atomic E-state index is -0.507. The number of hydroxylamine groups is 2. The number of carbonyl (C=O) groups is 1. The molecule has 2 N–H and O–H groups in total. The third-order valence-corrected chi connectivity index (χ3v) is 3.09. The molecule has 0 aromatic heterocycles. The van der Waals surface area contributed by atoms with Crippen LogP contribution in [-0.2, 0) is 16.1 Å². The third-order valence-electron chi connectivity index (χ3n) is 3.09. The second-order valence-corrected chi connectivity index (χ2v) is 4.94. The SMILES string of the molecule is CON1C(=O)C(Cc2ccc(O)cc2)NC1(C)C.[Ac]. The molecule has 1 aromatic rings. The number of nitrogens with zero attached hydrogens (tertiary/aromatic N) is 1. The zero-order valence-electron chi connectivity index (χ0n) is 11.4. The van der Waals surface area contributed by atoms with Crippen molar-refractivity contribution in [2.75, 3.05) is 7.11 Å². The zero-order valence-corrected chi connectivity index (χ0v) is 16.1. The molecular weight excluding hydrogens is 459 g/mol. The van der Waals surface area contributed by atoms with Gasteiger partial charge in [0.1, 0.15) is 11.4 Å². The maximum absolute atomic E-state index is 12.1. The maximum Gasteiger partial charge on any atom is 0.265 e. The summed E-state index contributed by atoms with van der Waals surface area (Å²) >= 11 is 0. The topological polar surface area (TPSA) is 61.8 Å². The summed E-state index contributed by atoms with van der Waals surface area (Å²) in [5.74, 6) is 0.152. The molecule has 0 spiro atoms. The van der Waals surface area contributed by atoms with E-state index in [4.69, 9.17) is 4.84 Å². The number of hydrogen-bond donors (Lipinski definition) is 2. The summed E-state index contributed by atoms with van der Waals surface area (Å²) in [7, 11) is 1.49. The van der Waals surface area contributed by atoms with Gasteiger partial charge in [-0.15, -0.1) is 0 Å². The minimum absolute atomic E-state index is 0. The number of benzene rings is 1. The molecule has 101 valence electrons. The van der Waals surface area contributed by atoms with Gasteiger partial charge in [0.05, 0.1) is 13.2 Å². The molecule has 1 fully saturated rings. The summed E-state index contributed by atoms with van der Waals surface area (Å²) in [6.45, 7) is 3.79. The van der Waals surface area contributed by atoms with Crippen LogP contribution in [-0.4, -0.2) is 34.9 Å².